The number of nitrogen functional groups attached to an aromatic ring is 1. The molecule has 1 aliphatic rings. The third-order valence-corrected chi connectivity index (χ3v) is 6.12. The highest BCUT2D eigenvalue weighted by molar-refractivity contribution is 5.98. The van der Waals surface area contributed by atoms with Crippen molar-refractivity contribution in [2.24, 2.45) is 0 Å². The number of fused-ring (bicyclic) bond motifs is 1. The summed E-state index contributed by atoms with van der Waals surface area (Å²) in [6.45, 7) is 9.09. The van der Waals surface area contributed by atoms with E-state index in [9.17, 15) is 18.0 Å². The maximum Gasteiger partial charge on any atom is 0.417 e. The molecular weight excluding hydrogens is 450 g/mol. The van der Waals surface area contributed by atoms with Crippen LogP contribution in [0.3, 0.4) is 0 Å². The molecule has 1 amide bonds. The van der Waals surface area contributed by atoms with Crippen molar-refractivity contribution in [1.29, 1.82) is 0 Å². The number of carbonyl (C=O) groups is 1. The number of amides is 1. The number of nitrogens with two attached hydrogens (primary N) is 1. The third kappa shape index (κ3) is 4.51. The highest BCUT2D eigenvalue weighted by Crippen LogP contribution is 2.32. The SMILES string of the molecule is [C-]#[N+]C1CCCC1N(Cc1ccc(C(F)(F)F)cn1)C(=O)c1cc2cc(C)c(N)nc2cc1F. The van der Waals surface area contributed by atoms with E-state index < -0.39 is 35.5 Å². The van der Waals surface area contributed by atoms with Crippen molar-refractivity contribution in [3.8, 4) is 0 Å². The highest BCUT2D eigenvalue weighted by atomic mass is 19.4. The van der Waals surface area contributed by atoms with E-state index in [2.05, 4.69) is 14.8 Å². The third-order valence-electron chi connectivity index (χ3n) is 6.12. The fourth-order valence-electron chi connectivity index (χ4n) is 4.27. The highest BCUT2D eigenvalue weighted by Gasteiger charge is 2.40. The first-order chi connectivity index (χ1) is 16.1. The monoisotopic (exact) mass is 471 g/mol. The van der Waals surface area contributed by atoms with E-state index in [1.54, 1.807) is 13.0 Å². The minimum absolute atomic E-state index is 0.149. The van der Waals surface area contributed by atoms with Gasteiger partial charge in [-0.05, 0) is 49.6 Å². The largest absolute Gasteiger partial charge is 0.417 e. The molecule has 0 bridgehead atoms. The Balaban J connectivity index is 1.73. The van der Waals surface area contributed by atoms with Crippen LogP contribution in [0.1, 0.15) is 46.4 Å². The summed E-state index contributed by atoms with van der Waals surface area (Å²) in [5, 5.41) is 0.525. The molecule has 1 fully saturated rings. The summed E-state index contributed by atoms with van der Waals surface area (Å²) in [6, 6.07) is 5.32. The molecule has 2 unspecified atom stereocenters. The Morgan fingerprint density at radius 1 is 1.26 bits per heavy atom. The molecule has 2 aromatic heterocycles. The molecule has 1 saturated carbocycles. The van der Waals surface area contributed by atoms with Gasteiger partial charge in [0.1, 0.15) is 17.7 Å². The van der Waals surface area contributed by atoms with Gasteiger partial charge in [0.05, 0.1) is 28.9 Å². The molecule has 0 saturated heterocycles. The average Bonchev–Trinajstić information content (AvgIpc) is 3.26. The molecule has 2 N–H and O–H groups in total. The van der Waals surface area contributed by atoms with Crippen LogP contribution in [-0.2, 0) is 12.7 Å². The second-order valence-corrected chi connectivity index (χ2v) is 8.38. The molecule has 6 nitrogen and oxygen atoms in total. The molecule has 4 rings (SSSR count). The van der Waals surface area contributed by atoms with Crippen LogP contribution < -0.4 is 5.73 Å². The van der Waals surface area contributed by atoms with Crippen LogP contribution in [0.5, 0.6) is 0 Å². The van der Waals surface area contributed by atoms with Gasteiger partial charge in [0.2, 0.25) is 6.04 Å². The first-order valence-corrected chi connectivity index (χ1v) is 10.6. The van der Waals surface area contributed by atoms with E-state index in [-0.39, 0.29) is 23.6 Å². The van der Waals surface area contributed by atoms with E-state index >= 15 is 4.39 Å². The molecule has 0 spiro atoms. The summed E-state index contributed by atoms with van der Waals surface area (Å²) < 4.78 is 53.7. The van der Waals surface area contributed by atoms with Crippen molar-refractivity contribution in [1.82, 2.24) is 14.9 Å². The maximum atomic E-state index is 15.0. The second-order valence-electron chi connectivity index (χ2n) is 8.38. The zero-order valence-electron chi connectivity index (χ0n) is 18.2. The number of alkyl halides is 3. The van der Waals surface area contributed by atoms with E-state index in [0.29, 0.717) is 41.9 Å². The number of hydrogen-bond acceptors (Lipinski definition) is 4. The van der Waals surface area contributed by atoms with Gasteiger partial charge >= 0.3 is 6.18 Å². The Hall–Kier alpha value is -3.74. The summed E-state index contributed by atoms with van der Waals surface area (Å²) in [5.41, 5.74) is 5.88. The topological polar surface area (TPSA) is 76.5 Å². The molecular formula is C24H21F4N5O. The van der Waals surface area contributed by atoms with E-state index in [0.717, 1.165) is 12.1 Å². The lowest BCUT2D eigenvalue weighted by molar-refractivity contribution is -0.137. The zero-order valence-corrected chi connectivity index (χ0v) is 18.2. The molecule has 3 aromatic rings. The van der Waals surface area contributed by atoms with Crippen LogP contribution in [0.4, 0.5) is 23.4 Å². The smallest absolute Gasteiger partial charge is 0.383 e. The van der Waals surface area contributed by atoms with Crippen LogP contribution in [0, 0.1) is 19.3 Å². The van der Waals surface area contributed by atoms with Crippen molar-refractivity contribution in [3.63, 3.8) is 0 Å². The van der Waals surface area contributed by atoms with Gasteiger partial charge < -0.3 is 15.5 Å². The Kier molecular flexibility index (Phi) is 6.13. The van der Waals surface area contributed by atoms with E-state index in [1.807, 2.05) is 0 Å². The molecule has 34 heavy (non-hydrogen) atoms. The minimum Gasteiger partial charge on any atom is -0.383 e. The minimum atomic E-state index is -4.54. The summed E-state index contributed by atoms with van der Waals surface area (Å²) in [5.74, 6) is -1.20. The van der Waals surface area contributed by atoms with Crippen molar-refractivity contribution in [2.45, 2.75) is 51.0 Å². The normalized spacial score (nSPS) is 18.1. The standard InChI is InChI=1S/C24H21F4N5O/c1-13-8-14-9-17(18(25)10-20(14)32-22(13)29)23(34)33(21-5-3-4-19(21)30-2)12-16-7-6-15(11-31-16)24(26,27)28/h6-11,19,21H,3-5,12H2,1H3,(H2,29,32). The van der Waals surface area contributed by atoms with Crippen LogP contribution >= 0.6 is 0 Å². The Labute approximate surface area is 193 Å². The van der Waals surface area contributed by atoms with Crippen LogP contribution in [0.2, 0.25) is 0 Å². The van der Waals surface area contributed by atoms with Crippen LogP contribution in [-0.4, -0.2) is 32.9 Å². The van der Waals surface area contributed by atoms with Crippen molar-refractivity contribution in [3.05, 3.63) is 76.1 Å². The number of rotatable bonds is 4. The molecule has 2 atom stereocenters. The van der Waals surface area contributed by atoms with Crippen molar-refractivity contribution >= 4 is 22.6 Å². The lowest BCUT2D eigenvalue weighted by atomic mass is 10.0. The second kappa shape index (κ2) is 8.89. The quantitative estimate of drug-likeness (QED) is 0.421. The summed E-state index contributed by atoms with van der Waals surface area (Å²) in [4.78, 5) is 26.6. The van der Waals surface area contributed by atoms with Gasteiger partial charge in [0.25, 0.3) is 5.91 Å². The number of carbonyl (C=O) groups excluding carboxylic acids is 1. The Morgan fingerprint density at radius 3 is 2.68 bits per heavy atom. The Bertz CT molecular complexity index is 1280. The lowest BCUT2D eigenvalue weighted by Gasteiger charge is -2.29. The molecule has 1 aromatic carbocycles. The number of anilines is 1. The van der Waals surface area contributed by atoms with E-state index in [4.69, 9.17) is 12.3 Å². The molecule has 2 heterocycles. The summed E-state index contributed by atoms with van der Waals surface area (Å²) in [7, 11) is 0. The van der Waals surface area contributed by atoms with Gasteiger partial charge in [-0.2, -0.15) is 13.2 Å². The van der Waals surface area contributed by atoms with Crippen LogP contribution in [0.15, 0.2) is 36.5 Å². The van der Waals surface area contributed by atoms with Gasteiger partial charge in [-0.1, -0.05) is 0 Å². The van der Waals surface area contributed by atoms with Gasteiger partial charge in [-0.25, -0.2) is 15.9 Å². The molecule has 0 radical (unpaired) electrons. The van der Waals surface area contributed by atoms with Gasteiger partial charge in [-0.15, -0.1) is 0 Å². The number of halogens is 4. The fourth-order valence-corrected chi connectivity index (χ4v) is 4.27. The number of hydrogen-bond donors (Lipinski definition) is 1. The Morgan fingerprint density at radius 2 is 2.03 bits per heavy atom. The van der Waals surface area contributed by atoms with Crippen molar-refractivity contribution < 1.29 is 22.4 Å². The van der Waals surface area contributed by atoms with Gasteiger partial charge in [-0.3, -0.25) is 9.78 Å². The molecule has 10 heteroatoms. The number of pyridine rings is 2. The lowest BCUT2D eigenvalue weighted by Crippen LogP contribution is -2.43. The molecule has 176 valence electrons. The van der Waals surface area contributed by atoms with Gasteiger partial charge in [0.15, 0.2) is 0 Å². The molecule has 0 aliphatic heterocycles. The first-order valence-electron chi connectivity index (χ1n) is 10.6. The molecule has 1 aliphatic carbocycles. The fraction of sp³-hybridized carbons (Fsp3) is 0.333. The maximum absolute atomic E-state index is 15.0. The predicted molar refractivity (Wildman–Crippen MR) is 118 cm³/mol. The average molecular weight is 471 g/mol. The number of aryl methyl sites for hydroxylation is 1. The summed E-state index contributed by atoms with van der Waals surface area (Å²) >= 11 is 0. The predicted octanol–water partition coefficient (Wildman–Crippen LogP) is 5.16. The van der Waals surface area contributed by atoms with Crippen LogP contribution in [0.25, 0.3) is 15.7 Å². The summed E-state index contributed by atoms with van der Waals surface area (Å²) in [6.07, 6.45) is -2.00. The number of nitrogens with zero attached hydrogens (tertiary/aromatic N) is 4. The number of aromatic nitrogens is 2. The van der Waals surface area contributed by atoms with Crippen molar-refractivity contribution in [2.75, 3.05) is 5.73 Å². The van der Waals surface area contributed by atoms with E-state index in [1.165, 1.54) is 17.0 Å². The zero-order chi connectivity index (χ0) is 24.6. The van der Waals surface area contributed by atoms with Gasteiger partial charge in [0, 0.05) is 24.1 Å². The first kappa shape index (κ1) is 23.4. The number of benzene rings is 1.